The Bertz CT molecular complexity index is 604. The van der Waals surface area contributed by atoms with Gasteiger partial charge in [-0.1, -0.05) is 24.3 Å². The van der Waals surface area contributed by atoms with E-state index in [-0.39, 0.29) is 5.82 Å². The van der Waals surface area contributed by atoms with Crippen molar-refractivity contribution in [2.75, 3.05) is 26.8 Å². The molecule has 0 aliphatic heterocycles. The molecule has 2 rings (SSSR count). The van der Waals surface area contributed by atoms with Crippen molar-refractivity contribution in [2.24, 2.45) is 0 Å². The molecule has 1 atom stereocenters. The van der Waals surface area contributed by atoms with Crippen molar-refractivity contribution in [1.82, 2.24) is 5.32 Å². The lowest BCUT2D eigenvalue weighted by molar-refractivity contribution is 0.164. The van der Waals surface area contributed by atoms with Crippen LogP contribution in [0.4, 0.5) is 4.39 Å². The summed E-state index contributed by atoms with van der Waals surface area (Å²) in [6, 6.07) is 13.5. The quantitative estimate of drug-likeness (QED) is 0.655. The van der Waals surface area contributed by atoms with Crippen LogP contribution in [0.25, 0.3) is 0 Å². The highest BCUT2D eigenvalue weighted by atomic mass is 19.1. The molecule has 2 N–H and O–H groups in total. The van der Waals surface area contributed by atoms with Crippen molar-refractivity contribution in [3.05, 3.63) is 59.9 Å². The third-order valence-electron chi connectivity index (χ3n) is 3.69. The largest absolute Gasteiger partial charge is 0.493 e. The van der Waals surface area contributed by atoms with Crippen LogP contribution in [-0.2, 0) is 0 Å². The third kappa shape index (κ3) is 5.83. The number of nitrogens with one attached hydrogen (secondary N) is 1. The van der Waals surface area contributed by atoms with Crippen molar-refractivity contribution in [3.63, 3.8) is 0 Å². The molecule has 0 spiro atoms. The highest BCUT2D eigenvalue weighted by Crippen LogP contribution is 2.25. The number of methoxy groups -OCH3 is 1. The summed E-state index contributed by atoms with van der Waals surface area (Å²) in [4.78, 5) is 0. The molecule has 4 nitrogen and oxygen atoms in total. The molecule has 130 valence electrons. The van der Waals surface area contributed by atoms with Crippen LogP contribution in [0.3, 0.4) is 0 Å². The highest BCUT2D eigenvalue weighted by molar-refractivity contribution is 5.39. The lowest BCUT2D eigenvalue weighted by Crippen LogP contribution is -2.22. The van der Waals surface area contributed by atoms with E-state index in [1.165, 1.54) is 12.1 Å². The van der Waals surface area contributed by atoms with Gasteiger partial charge < -0.3 is 19.9 Å². The Balaban J connectivity index is 1.57. The van der Waals surface area contributed by atoms with E-state index in [2.05, 4.69) is 5.32 Å². The van der Waals surface area contributed by atoms with Crippen LogP contribution in [0.5, 0.6) is 11.5 Å². The monoisotopic (exact) mass is 333 g/mol. The average molecular weight is 333 g/mol. The van der Waals surface area contributed by atoms with Gasteiger partial charge in [-0.2, -0.15) is 0 Å². The summed E-state index contributed by atoms with van der Waals surface area (Å²) in [5.74, 6) is 1.16. The van der Waals surface area contributed by atoms with E-state index in [1.54, 1.807) is 19.2 Å². The van der Waals surface area contributed by atoms with Crippen LogP contribution in [0.2, 0.25) is 0 Å². The summed E-state index contributed by atoms with van der Waals surface area (Å²) in [6.07, 6.45) is 0.899. The molecule has 5 heteroatoms. The average Bonchev–Trinajstić information content (AvgIpc) is 2.61. The number of aliphatic hydroxyl groups excluding tert-OH is 1. The summed E-state index contributed by atoms with van der Waals surface area (Å²) in [5.41, 5.74) is 0.746. The van der Waals surface area contributed by atoms with Gasteiger partial charge in [0.05, 0.1) is 13.2 Å². The fourth-order valence-corrected chi connectivity index (χ4v) is 2.37. The first-order chi connectivity index (χ1) is 11.7. The molecule has 24 heavy (non-hydrogen) atoms. The molecular formula is C19H24FNO3. The Kier molecular flexibility index (Phi) is 7.52. The number of para-hydroxylation sites is 2. The maximum absolute atomic E-state index is 12.8. The van der Waals surface area contributed by atoms with Crippen molar-refractivity contribution in [3.8, 4) is 11.5 Å². The van der Waals surface area contributed by atoms with Crippen LogP contribution in [0.15, 0.2) is 48.5 Å². The van der Waals surface area contributed by atoms with Crippen LogP contribution in [-0.4, -0.2) is 31.9 Å². The number of halogens is 1. The smallest absolute Gasteiger partial charge is 0.161 e. The van der Waals surface area contributed by atoms with E-state index in [1.807, 2.05) is 24.3 Å². The first kappa shape index (κ1) is 18.2. The van der Waals surface area contributed by atoms with E-state index in [9.17, 15) is 9.50 Å². The van der Waals surface area contributed by atoms with Gasteiger partial charge >= 0.3 is 0 Å². The SMILES string of the molecule is COc1ccccc1OCCNCCCC(O)c1ccc(F)cc1. The van der Waals surface area contributed by atoms with Crippen LogP contribution in [0.1, 0.15) is 24.5 Å². The first-order valence-electron chi connectivity index (χ1n) is 8.11. The number of aliphatic hydroxyl groups is 1. The Labute approximate surface area is 142 Å². The zero-order chi connectivity index (χ0) is 17.2. The summed E-state index contributed by atoms with van der Waals surface area (Å²) >= 11 is 0. The maximum atomic E-state index is 12.8. The van der Waals surface area contributed by atoms with Crippen LogP contribution < -0.4 is 14.8 Å². The predicted octanol–water partition coefficient (Wildman–Crippen LogP) is 3.32. The fourth-order valence-electron chi connectivity index (χ4n) is 2.37. The first-order valence-corrected chi connectivity index (χ1v) is 8.11. The second kappa shape index (κ2) is 9.90. The molecule has 0 aromatic heterocycles. The number of benzene rings is 2. The van der Waals surface area contributed by atoms with Gasteiger partial charge in [-0.25, -0.2) is 4.39 Å². The van der Waals surface area contributed by atoms with Crippen molar-refractivity contribution < 1.29 is 19.0 Å². The van der Waals surface area contributed by atoms with E-state index < -0.39 is 6.10 Å². The van der Waals surface area contributed by atoms with Crippen LogP contribution >= 0.6 is 0 Å². The minimum absolute atomic E-state index is 0.289. The van der Waals surface area contributed by atoms with Gasteiger partial charge in [-0.05, 0) is 49.2 Å². The van der Waals surface area contributed by atoms with E-state index in [0.29, 0.717) is 19.6 Å². The molecule has 0 radical (unpaired) electrons. The van der Waals surface area contributed by atoms with Crippen molar-refractivity contribution in [1.29, 1.82) is 0 Å². The normalized spacial score (nSPS) is 12.0. The molecular weight excluding hydrogens is 309 g/mol. The molecule has 0 aliphatic carbocycles. The van der Waals surface area contributed by atoms with E-state index in [0.717, 1.165) is 30.0 Å². The van der Waals surface area contributed by atoms with Crippen molar-refractivity contribution in [2.45, 2.75) is 18.9 Å². The molecule has 0 fully saturated rings. The fraction of sp³-hybridized carbons (Fsp3) is 0.368. The zero-order valence-corrected chi connectivity index (χ0v) is 13.9. The molecule has 1 unspecified atom stereocenters. The van der Waals surface area contributed by atoms with Gasteiger partial charge in [0.25, 0.3) is 0 Å². The minimum atomic E-state index is -0.558. The van der Waals surface area contributed by atoms with Gasteiger partial charge in [0, 0.05) is 6.54 Å². The predicted molar refractivity (Wildman–Crippen MR) is 92.0 cm³/mol. The summed E-state index contributed by atoms with van der Waals surface area (Å²) < 4.78 is 23.7. The van der Waals surface area contributed by atoms with Crippen LogP contribution in [0, 0.1) is 5.82 Å². The Morgan fingerprint density at radius 2 is 1.75 bits per heavy atom. The summed E-state index contributed by atoms with van der Waals surface area (Å²) in [5, 5.41) is 13.3. The number of hydrogen-bond donors (Lipinski definition) is 2. The van der Waals surface area contributed by atoms with Gasteiger partial charge in [-0.15, -0.1) is 0 Å². The molecule has 0 bridgehead atoms. The van der Waals surface area contributed by atoms with E-state index >= 15 is 0 Å². The van der Waals surface area contributed by atoms with E-state index in [4.69, 9.17) is 9.47 Å². The molecule has 0 amide bonds. The Morgan fingerprint density at radius 3 is 2.46 bits per heavy atom. The molecule has 0 aliphatic rings. The summed E-state index contributed by atoms with van der Waals surface area (Å²) in [6.45, 7) is 2.04. The van der Waals surface area contributed by atoms with Gasteiger partial charge in [0.1, 0.15) is 12.4 Å². The third-order valence-corrected chi connectivity index (χ3v) is 3.69. The number of rotatable bonds is 10. The summed E-state index contributed by atoms with van der Waals surface area (Å²) in [7, 11) is 1.62. The van der Waals surface area contributed by atoms with Gasteiger partial charge in [0.15, 0.2) is 11.5 Å². The Hall–Kier alpha value is -2.11. The topological polar surface area (TPSA) is 50.7 Å². The lowest BCUT2D eigenvalue weighted by Gasteiger charge is -2.12. The Morgan fingerprint density at radius 1 is 1.04 bits per heavy atom. The maximum Gasteiger partial charge on any atom is 0.161 e. The molecule has 0 heterocycles. The minimum Gasteiger partial charge on any atom is -0.493 e. The van der Waals surface area contributed by atoms with Gasteiger partial charge in [-0.3, -0.25) is 0 Å². The zero-order valence-electron chi connectivity index (χ0n) is 13.9. The number of ether oxygens (including phenoxy) is 2. The standard InChI is InChI=1S/C19H24FNO3/c1-23-18-6-2-3-7-19(18)24-14-13-21-12-4-5-17(22)15-8-10-16(20)11-9-15/h2-3,6-11,17,21-22H,4-5,12-14H2,1H3. The number of hydrogen-bond acceptors (Lipinski definition) is 4. The van der Waals surface area contributed by atoms with Gasteiger partial charge in [0.2, 0.25) is 0 Å². The molecule has 2 aromatic rings. The molecule has 2 aromatic carbocycles. The lowest BCUT2D eigenvalue weighted by atomic mass is 10.1. The van der Waals surface area contributed by atoms with Crippen molar-refractivity contribution >= 4 is 0 Å². The molecule has 0 saturated heterocycles. The molecule has 0 saturated carbocycles. The highest BCUT2D eigenvalue weighted by Gasteiger charge is 2.07. The second-order valence-electron chi connectivity index (χ2n) is 5.46. The second-order valence-corrected chi connectivity index (χ2v) is 5.46.